The molecule has 0 N–H and O–H groups in total. The van der Waals surface area contributed by atoms with Gasteiger partial charge in [-0.1, -0.05) is 18.2 Å². The molecular formula is C21H26N2O2. The van der Waals surface area contributed by atoms with Gasteiger partial charge in [-0.15, -0.1) is 0 Å². The minimum absolute atomic E-state index is 0.270. The monoisotopic (exact) mass is 338 g/mol. The summed E-state index contributed by atoms with van der Waals surface area (Å²) in [6.07, 6.45) is 0. The van der Waals surface area contributed by atoms with Gasteiger partial charge >= 0.3 is 5.97 Å². The van der Waals surface area contributed by atoms with Crippen molar-refractivity contribution in [1.29, 1.82) is 0 Å². The number of hydrogen-bond acceptors (Lipinski definition) is 4. The van der Waals surface area contributed by atoms with E-state index in [9.17, 15) is 4.79 Å². The van der Waals surface area contributed by atoms with E-state index >= 15 is 0 Å². The lowest BCUT2D eigenvalue weighted by Gasteiger charge is -2.37. The number of anilines is 2. The Hall–Kier alpha value is -2.49. The molecule has 3 rings (SSSR count). The van der Waals surface area contributed by atoms with Crippen molar-refractivity contribution < 1.29 is 9.53 Å². The number of hydrogen-bond donors (Lipinski definition) is 0. The van der Waals surface area contributed by atoms with Crippen molar-refractivity contribution in [1.82, 2.24) is 0 Å². The lowest BCUT2D eigenvalue weighted by atomic mass is 10.1. The van der Waals surface area contributed by atoms with Gasteiger partial charge in [-0.2, -0.15) is 0 Å². The summed E-state index contributed by atoms with van der Waals surface area (Å²) < 4.78 is 5.41. The van der Waals surface area contributed by atoms with Crippen LogP contribution in [0.1, 0.15) is 31.1 Å². The summed E-state index contributed by atoms with van der Waals surface area (Å²) in [6.45, 7) is 9.58. The van der Waals surface area contributed by atoms with E-state index in [1.165, 1.54) is 5.69 Å². The molecule has 4 heteroatoms. The topological polar surface area (TPSA) is 32.8 Å². The summed E-state index contributed by atoms with van der Waals surface area (Å²) in [5, 5.41) is 0. The molecule has 0 radical (unpaired) electrons. The average Bonchev–Trinajstić information content (AvgIpc) is 2.61. The summed E-state index contributed by atoms with van der Waals surface area (Å²) in [5.41, 5.74) is 2.56. The Kier molecular flexibility index (Phi) is 4.98. The maximum atomic E-state index is 12.1. The number of nitrogens with zero attached hydrogens (tertiary/aromatic N) is 2. The third-order valence-corrected chi connectivity index (χ3v) is 4.27. The van der Waals surface area contributed by atoms with Gasteiger partial charge in [-0.25, -0.2) is 4.79 Å². The molecule has 0 amide bonds. The van der Waals surface area contributed by atoms with E-state index < -0.39 is 5.60 Å². The lowest BCUT2D eigenvalue weighted by molar-refractivity contribution is 0.00696. The highest BCUT2D eigenvalue weighted by Gasteiger charge is 2.20. The molecule has 2 aromatic rings. The van der Waals surface area contributed by atoms with Crippen LogP contribution in [0.2, 0.25) is 0 Å². The molecule has 2 aromatic carbocycles. The Morgan fingerprint density at radius 2 is 1.28 bits per heavy atom. The van der Waals surface area contributed by atoms with Crippen LogP contribution in [-0.2, 0) is 4.74 Å². The van der Waals surface area contributed by atoms with Crippen molar-refractivity contribution in [2.45, 2.75) is 26.4 Å². The van der Waals surface area contributed by atoms with Crippen molar-refractivity contribution in [3.63, 3.8) is 0 Å². The van der Waals surface area contributed by atoms with Crippen molar-refractivity contribution in [2.75, 3.05) is 36.0 Å². The summed E-state index contributed by atoms with van der Waals surface area (Å²) in [6, 6.07) is 18.3. The van der Waals surface area contributed by atoms with Crippen LogP contribution in [0.25, 0.3) is 0 Å². The van der Waals surface area contributed by atoms with Gasteiger partial charge < -0.3 is 14.5 Å². The number of piperazine rings is 1. The molecule has 0 saturated carbocycles. The second-order valence-electron chi connectivity index (χ2n) is 7.36. The lowest BCUT2D eigenvalue weighted by Crippen LogP contribution is -2.46. The molecule has 0 atom stereocenters. The standard InChI is InChI=1S/C21H26N2O2/c1-21(2,3)25-20(24)17-9-11-19(12-10-17)23-15-13-22(14-16-23)18-7-5-4-6-8-18/h4-12H,13-16H2,1-3H3. The van der Waals surface area contributed by atoms with Crippen LogP contribution in [0.5, 0.6) is 0 Å². The molecule has 4 nitrogen and oxygen atoms in total. The van der Waals surface area contributed by atoms with Crippen LogP contribution >= 0.6 is 0 Å². The van der Waals surface area contributed by atoms with E-state index in [-0.39, 0.29) is 5.97 Å². The first-order valence-corrected chi connectivity index (χ1v) is 8.81. The van der Waals surface area contributed by atoms with E-state index in [0.29, 0.717) is 5.56 Å². The van der Waals surface area contributed by atoms with Gasteiger partial charge in [-0.05, 0) is 57.2 Å². The molecule has 0 unspecified atom stereocenters. The van der Waals surface area contributed by atoms with E-state index in [1.807, 2.05) is 51.1 Å². The minimum Gasteiger partial charge on any atom is -0.456 e. The predicted molar refractivity (Wildman–Crippen MR) is 102 cm³/mol. The van der Waals surface area contributed by atoms with Gasteiger partial charge in [0.1, 0.15) is 5.60 Å². The number of carbonyl (C=O) groups excluding carboxylic acids is 1. The second-order valence-corrected chi connectivity index (χ2v) is 7.36. The Balaban J connectivity index is 1.60. The Morgan fingerprint density at radius 3 is 1.76 bits per heavy atom. The third kappa shape index (κ3) is 4.53. The molecule has 132 valence electrons. The van der Waals surface area contributed by atoms with Gasteiger partial charge in [0.05, 0.1) is 5.56 Å². The fourth-order valence-electron chi connectivity index (χ4n) is 3.01. The molecule has 25 heavy (non-hydrogen) atoms. The van der Waals surface area contributed by atoms with Gasteiger partial charge in [0.15, 0.2) is 0 Å². The summed E-state index contributed by atoms with van der Waals surface area (Å²) in [4.78, 5) is 16.9. The van der Waals surface area contributed by atoms with Gasteiger partial charge in [0.2, 0.25) is 0 Å². The maximum absolute atomic E-state index is 12.1. The zero-order valence-electron chi connectivity index (χ0n) is 15.2. The number of benzene rings is 2. The normalized spacial score (nSPS) is 15.2. The third-order valence-electron chi connectivity index (χ3n) is 4.27. The summed E-state index contributed by atoms with van der Waals surface area (Å²) in [5.74, 6) is -0.270. The molecule has 0 aromatic heterocycles. The number of carbonyl (C=O) groups is 1. The molecule has 1 fully saturated rings. The molecular weight excluding hydrogens is 312 g/mol. The highest BCUT2D eigenvalue weighted by atomic mass is 16.6. The summed E-state index contributed by atoms with van der Waals surface area (Å²) >= 11 is 0. The number of rotatable bonds is 3. The predicted octanol–water partition coefficient (Wildman–Crippen LogP) is 3.97. The first-order valence-electron chi connectivity index (χ1n) is 8.81. The fourth-order valence-corrected chi connectivity index (χ4v) is 3.01. The molecule has 1 aliphatic heterocycles. The van der Waals surface area contributed by atoms with Crippen molar-refractivity contribution in [3.8, 4) is 0 Å². The quantitative estimate of drug-likeness (QED) is 0.793. The zero-order valence-corrected chi connectivity index (χ0v) is 15.2. The highest BCUT2D eigenvalue weighted by Crippen LogP contribution is 2.21. The van der Waals surface area contributed by atoms with Crippen LogP contribution in [-0.4, -0.2) is 37.7 Å². The highest BCUT2D eigenvalue weighted by molar-refractivity contribution is 5.90. The molecule has 0 aliphatic carbocycles. The van der Waals surface area contributed by atoms with Crippen LogP contribution < -0.4 is 9.80 Å². The van der Waals surface area contributed by atoms with Crippen LogP contribution in [0.15, 0.2) is 54.6 Å². The van der Waals surface area contributed by atoms with Crippen molar-refractivity contribution in [2.24, 2.45) is 0 Å². The van der Waals surface area contributed by atoms with E-state index in [1.54, 1.807) is 0 Å². The fraction of sp³-hybridized carbons (Fsp3) is 0.381. The smallest absolute Gasteiger partial charge is 0.338 e. The zero-order chi connectivity index (χ0) is 17.9. The van der Waals surface area contributed by atoms with Crippen molar-refractivity contribution in [3.05, 3.63) is 60.2 Å². The van der Waals surface area contributed by atoms with Crippen LogP contribution in [0, 0.1) is 0 Å². The van der Waals surface area contributed by atoms with E-state index in [4.69, 9.17) is 4.74 Å². The molecule has 1 heterocycles. The number of esters is 1. The van der Waals surface area contributed by atoms with Crippen LogP contribution in [0.4, 0.5) is 11.4 Å². The molecule has 0 bridgehead atoms. The summed E-state index contributed by atoms with van der Waals surface area (Å²) in [7, 11) is 0. The van der Waals surface area contributed by atoms with Gasteiger partial charge in [0.25, 0.3) is 0 Å². The van der Waals surface area contributed by atoms with E-state index in [2.05, 4.69) is 34.1 Å². The first kappa shape index (κ1) is 17.3. The molecule has 1 saturated heterocycles. The largest absolute Gasteiger partial charge is 0.456 e. The SMILES string of the molecule is CC(C)(C)OC(=O)c1ccc(N2CCN(c3ccccc3)CC2)cc1. The number of ether oxygens (including phenoxy) is 1. The Morgan fingerprint density at radius 1 is 0.800 bits per heavy atom. The Labute approximate surface area is 150 Å². The van der Waals surface area contributed by atoms with Crippen molar-refractivity contribution >= 4 is 17.3 Å². The maximum Gasteiger partial charge on any atom is 0.338 e. The number of para-hydroxylation sites is 1. The van der Waals surface area contributed by atoms with Crippen LogP contribution in [0.3, 0.4) is 0 Å². The first-order chi connectivity index (χ1) is 11.9. The van der Waals surface area contributed by atoms with Gasteiger partial charge in [-0.3, -0.25) is 0 Å². The molecule has 0 spiro atoms. The average molecular weight is 338 g/mol. The molecule has 1 aliphatic rings. The second kappa shape index (κ2) is 7.18. The minimum atomic E-state index is -0.469. The Bertz CT molecular complexity index is 697. The van der Waals surface area contributed by atoms with E-state index in [0.717, 1.165) is 31.9 Å². The van der Waals surface area contributed by atoms with Gasteiger partial charge in [0, 0.05) is 37.6 Å².